The monoisotopic (exact) mass is 190 g/mol. The summed E-state index contributed by atoms with van der Waals surface area (Å²) in [5.41, 5.74) is 0.0834. The molecule has 2 nitrogen and oxygen atoms in total. The van der Waals surface area contributed by atoms with Crippen LogP contribution in [0, 0.1) is 0 Å². The summed E-state index contributed by atoms with van der Waals surface area (Å²) in [6.45, 7) is 9.19. The van der Waals surface area contributed by atoms with Crippen molar-refractivity contribution in [1.82, 2.24) is 5.32 Å². The first-order valence-electron chi connectivity index (χ1n) is 4.37. The zero-order chi connectivity index (χ0) is 9.61. The number of amidine groups is 1. The molecular weight excluding hydrogens is 172 g/mol. The van der Waals surface area contributed by atoms with E-state index in [1.807, 2.05) is 6.92 Å². The minimum atomic E-state index is 0.0834. The van der Waals surface area contributed by atoms with Gasteiger partial charge in [0.1, 0.15) is 0 Å². The molecule has 0 spiro atoms. The molecule has 1 N–H and O–H groups in total. The van der Waals surface area contributed by atoms with Gasteiger partial charge in [-0.1, -0.05) is 0 Å². The van der Waals surface area contributed by atoms with Crippen LogP contribution in [0.3, 0.4) is 0 Å². The van der Waals surface area contributed by atoms with Crippen LogP contribution in [0.1, 0.15) is 34.1 Å². The quantitative estimate of drug-likeness (QED) is 0.413. The Hall–Kier alpha value is -0.240. The summed E-state index contributed by atoms with van der Waals surface area (Å²) in [5.74, 6) is 1.64. The molecule has 0 aliphatic heterocycles. The first-order valence-corrected chi connectivity index (χ1v) is 4.90. The number of rotatable bonds is 3. The highest BCUT2D eigenvalue weighted by Gasteiger charge is 2.10. The zero-order valence-electron chi connectivity index (χ0n) is 8.45. The molecule has 0 fully saturated rings. The molecule has 0 heterocycles. The summed E-state index contributed by atoms with van der Waals surface area (Å²) >= 11 is 5.64. The van der Waals surface area contributed by atoms with Gasteiger partial charge >= 0.3 is 0 Å². The van der Waals surface area contributed by atoms with E-state index in [4.69, 9.17) is 11.6 Å². The van der Waals surface area contributed by atoms with Gasteiger partial charge in [-0.05, 0) is 27.7 Å². The standard InChI is InChI=1S/C9H19ClN2/c1-5-11-8(6-7-10)12-9(2,3)4/h5-7H2,1-4H3,(H,11,12). The molecule has 0 saturated carbocycles. The number of hydrogen-bond donors (Lipinski definition) is 1. The van der Waals surface area contributed by atoms with E-state index >= 15 is 0 Å². The summed E-state index contributed by atoms with van der Waals surface area (Å²) in [6, 6.07) is 0. The average Bonchev–Trinajstić information content (AvgIpc) is 1.84. The summed E-state index contributed by atoms with van der Waals surface area (Å²) in [7, 11) is 0. The molecule has 0 unspecified atom stereocenters. The average molecular weight is 191 g/mol. The highest BCUT2D eigenvalue weighted by molar-refractivity contribution is 6.19. The van der Waals surface area contributed by atoms with Crippen LogP contribution in [0.25, 0.3) is 0 Å². The van der Waals surface area contributed by atoms with E-state index in [0.29, 0.717) is 5.88 Å². The van der Waals surface area contributed by atoms with Crippen LogP contribution in [-0.2, 0) is 0 Å². The zero-order valence-corrected chi connectivity index (χ0v) is 9.20. The van der Waals surface area contributed by atoms with Crippen LogP contribution in [0.5, 0.6) is 0 Å². The molecule has 0 atom stereocenters. The smallest absolute Gasteiger partial charge is 0.0978 e. The molecular formula is C9H19ClN2. The van der Waals surface area contributed by atoms with Gasteiger partial charge in [-0.2, -0.15) is 0 Å². The van der Waals surface area contributed by atoms with Gasteiger partial charge in [0.15, 0.2) is 0 Å². The van der Waals surface area contributed by atoms with Gasteiger partial charge in [-0.25, -0.2) is 0 Å². The van der Waals surface area contributed by atoms with Gasteiger partial charge in [0.25, 0.3) is 0 Å². The summed E-state index contributed by atoms with van der Waals surface area (Å²) < 4.78 is 0. The second-order valence-corrected chi connectivity index (χ2v) is 4.11. The van der Waals surface area contributed by atoms with Gasteiger partial charge in [0.2, 0.25) is 0 Å². The third kappa shape index (κ3) is 6.47. The van der Waals surface area contributed by atoms with Crippen molar-refractivity contribution in [3.8, 4) is 0 Å². The maximum Gasteiger partial charge on any atom is 0.0978 e. The number of nitrogens with one attached hydrogen (secondary N) is 1. The van der Waals surface area contributed by atoms with E-state index in [0.717, 1.165) is 18.8 Å². The Morgan fingerprint density at radius 2 is 2.00 bits per heavy atom. The minimum absolute atomic E-state index is 0.0834. The van der Waals surface area contributed by atoms with Crippen LogP contribution >= 0.6 is 11.6 Å². The number of nitrogens with zero attached hydrogens (tertiary/aromatic N) is 1. The highest BCUT2D eigenvalue weighted by atomic mass is 35.5. The molecule has 0 aromatic heterocycles. The number of halogens is 1. The van der Waals surface area contributed by atoms with Crippen LogP contribution in [0.15, 0.2) is 4.99 Å². The fourth-order valence-electron chi connectivity index (χ4n) is 0.894. The van der Waals surface area contributed by atoms with Crippen molar-refractivity contribution < 1.29 is 0 Å². The van der Waals surface area contributed by atoms with Gasteiger partial charge < -0.3 is 5.32 Å². The molecule has 0 rings (SSSR count). The molecule has 12 heavy (non-hydrogen) atoms. The van der Waals surface area contributed by atoms with E-state index in [2.05, 4.69) is 31.1 Å². The SMILES string of the molecule is CCN=C(CCCl)NC(C)(C)C. The van der Waals surface area contributed by atoms with E-state index in [1.165, 1.54) is 0 Å². The molecule has 0 saturated heterocycles. The predicted octanol–water partition coefficient (Wildman–Crippen LogP) is 2.42. The van der Waals surface area contributed by atoms with Crippen LogP contribution in [0.4, 0.5) is 0 Å². The van der Waals surface area contributed by atoms with Crippen molar-refractivity contribution in [2.75, 3.05) is 12.4 Å². The van der Waals surface area contributed by atoms with E-state index < -0.39 is 0 Å². The van der Waals surface area contributed by atoms with Crippen molar-refractivity contribution >= 4 is 17.4 Å². The fourth-order valence-corrected chi connectivity index (χ4v) is 1.07. The second kappa shape index (κ2) is 5.41. The molecule has 0 amide bonds. The third-order valence-electron chi connectivity index (χ3n) is 1.20. The Balaban J connectivity index is 4.05. The molecule has 0 aromatic rings. The van der Waals surface area contributed by atoms with Crippen molar-refractivity contribution in [3.05, 3.63) is 0 Å². The Kier molecular flexibility index (Phi) is 5.31. The lowest BCUT2D eigenvalue weighted by Gasteiger charge is -2.23. The number of alkyl halides is 1. The number of aliphatic imine (C=N–C) groups is 1. The summed E-state index contributed by atoms with van der Waals surface area (Å²) in [5, 5.41) is 3.32. The van der Waals surface area contributed by atoms with Crippen LogP contribution in [0.2, 0.25) is 0 Å². The molecule has 72 valence electrons. The number of hydrogen-bond acceptors (Lipinski definition) is 1. The van der Waals surface area contributed by atoms with Gasteiger partial charge in [-0.3, -0.25) is 4.99 Å². The van der Waals surface area contributed by atoms with Gasteiger partial charge in [-0.15, -0.1) is 11.6 Å². The second-order valence-electron chi connectivity index (χ2n) is 3.74. The van der Waals surface area contributed by atoms with Crippen LogP contribution < -0.4 is 5.32 Å². The maximum atomic E-state index is 5.64. The van der Waals surface area contributed by atoms with Crippen molar-refractivity contribution in [1.29, 1.82) is 0 Å². The Bertz CT molecular complexity index is 147. The van der Waals surface area contributed by atoms with Crippen molar-refractivity contribution in [2.24, 2.45) is 4.99 Å². The molecule has 0 aliphatic rings. The molecule has 3 heteroatoms. The molecule has 0 aromatic carbocycles. The maximum absolute atomic E-state index is 5.64. The normalized spacial score (nSPS) is 13.2. The molecule has 0 radical (unpaired) electrons. The summed E-state index contributed by atoms with van der Waals surface area (Å²) in [6.07, 6.45) is 0.826. The minimum Gasteiger partial charge on any atom is -0.369 e. The highest BCUT2D eigenvalue weighted by Crippen LogP contribution is 2.00. The lowest BCUT2D eigenvalue weighted by atomic mass is 10.1. The van der Waals surface area contributed by atoms with Crippen molar-refractivity contribution in [3.63, 3.8) is 0 Å². The Labute approximate surface area is 80.4 Å². The molecule has 0 aliphatic carbocycles. The first-order chi connectivity index (χ1) is 5.49. The van der Waals surface area contributed by atoms with Gasteiger partial charge in [0, 0.05) is 24.4 Å². The predicted molar refractivity (Wildman–Crippen MR) is 56.2 cm³/mol. The van der Waals surface area contributed by atoms with E-state index in [-0.39, 0.29) is 5.54 Å². The van der Waals surface area contributed by atoms with E-state index in [1.54, 1.807) is 0 Å². The lowest BCUT2D eigenvalue weighted by Crippen LogP contribution is -2.40. The largest absolute Gasteiger partial charge is 0.369 e. The fraction of sp³-hybridized carbons (Fsp3) is 0.889. The van der Waals surface area contributed by atoms with E-state index in [9.17, 15) is 0 Å². The lowest BCUT2D eigenvalue weighted by molar-refractivity contribution is 0.507. The molecule has 0 bridgehead atoms. The first kappa shape index (κ1) is 11.8. The van der Waals surface area contributed by atoms with Crippen molar-refractivity contribution in [2.45, 2.75) is 39.7 Å². The summed E-state index contributed by atoms with van der Waals surface area (Å²) in [4.78, 5) is 4.32. The van der Waals surface area contributed by atoms with Crippen LogP contribution in [-0.4, -0.2) is 23.8 Å². The Morgan fingerprint density at radius 3 is 2.33 bits per heavy atom. The Morgan fingerprint density at radius 1 is 1.42 bits per heavy atom. The third-order valence-corrected chi connectivity index (χ3v) is 1.39. The van der Waals surface area contributed by atoms with Gasteiger partial charge in [0.05, 0.1) is 5.84 Å². The topological polar surface area (TPSA) is 24.4 Å².